The molecule has 0 radical (unpaired) electrons. The first-order valence-corrected chi connectivity index (χ1v) is 10.4. The Morgan fingerprint density at radius 1 is 1.30 bits per heavy atom. The number of nitrogens with one attached hydrogen (secondary N) is 1. The van der Waals surface area contributed by atoms with E-state index >= 15 is 0 Å². The maximum absolute atomic E-state index is 12.5. The molecule has 2 aliphatic rings. The van der Waals surface area contributed by atoms with Crippen LogP contribution in [0.25, 0.3) is 0 Å². The van der Waals surface area contributed by atoms with Crippen LogP contribution in [0.15, 0.2) is 18.2 Å². The number of ether oxygens (including phenoxy) is 2. The van der Waals surface area contributed by atoms with Gasteiger partial charge in [0.2, 0.25) is 0 Å². The summed E-state index contributed by atoms with van der Waals surface area (Å²) in [5.41, 5.74) is 1.64. The molecular weight excluding hydrogens is 340 g/mol. The van der Waals surface area contributed by atoms with Crippen molar-refractivity contribution in [3.05, 3.63) is 23.8 Å². The monoisotopic (exact) mass is 374 g/mol. The minimum absolute atomic E-state index is 0.266. The lowest BCUT2D eigenvalue weighted by Crippen LogP contribution is -2.39. The number of hydrogen-bond acceptors (Lipinski definition) is 4. The van der Waals surface area contributed by atoms with Gasteiger partial charge in [0.1, 0.15) is 11.4 Å². The second-order valence-electron chi connectivity index (χ2n) is 8.73. The molecule has 5 heteroatoms. The zero-order chi connectivity index (χ0) is 19.3. The van der Waals surface area contributed by atoms with Crippen LogP contribution >= 0.6 is 0 Å². The summed E-state index contributed by atoms with van der Waals surface area (Å²) in [6.45, 7) is 9.48. The van der Waals surface area contributed by atoms with Crippen molar-refractivity contribution in [1.29, 1.82) is 0 Å². The molecule has 150 valence electrons. The van der Waals surface area contributed by atoms with Gasteiger partial charge in [-0.3, -0.25) is 4.90 Å². The van der Waals surface area contributed by atoms with Gasteiger partial charge in [-0.25, -0.2) is 4.79 Å². The summed E-state index contributed by atoms with van der Waals surface area (Å²) in [5, 5.41) is 3.47. The van der Waals surface area contributed by atoms with Crippen molar-refractivity contribution in [2.75, 3.05) is 31.1 Å². The van der Waals surface area contributed by atoms with Crippen molar-refractivity contribution in [2.45, 2.75) is 64.9 Å². The van der Waals surface area contributed by atoms with Gasteiger partial charge in [0.25, 0.3) is 0 Å². The van der Waals surface area contributed by atoms with Crippen molar-refractivity contribution >= 4 is 11.8 Å². The van der Waals surface area contributed by atoms with Crippen LogP contribution in [0.5, 0.6) is 5.75 Å². The summed E-state index contributed by atoms with van der Waals surface area (Å²) in [6.07, 6.45) is 6.61. The quantitative estimate of drug-likeness (QED) is 0.769. The van der Waals surface area contributed by atoms with Crippen LogP contribution in [-0.2, 0) is 11.2 Å². The summed E-state index contributed by atoms with van der Waals surface area (Å²) < 4.78 is 11.5. The standard InChI is InChI=1S/C22H34N2O3/c1-22(2,3)27-21(25)24-13-5-9-18-15-19(10-11-20(18)24)26-14-6-8-17-7-4-12-23-16-17/h10-11,15,17,23H,4-9,12-14,16H2,1-3H3. The zero-order valence-corrected chi connectivity index (χ0v) is 17.1. The van der Waals surface area contributed by atoms with Crippen molar-refractivity contribution in [1.82, 2.24) is 5.32 Å². The lowest BCUT2D eigenvalue weighted by Gasteiger charge is -2.31. The predicted molar refractivity (Wildman–Crippen MR) is 109 cm³/mol. The number of aryl methyl sites for hydroxylation is 1. The molecule has 1 aromatic carbocycles. The van der Waals surface area contributed by atoms with Crippen molar-refractivity contribution in [2.24, 2.45) is 5.92 Å². The zero-order valence-electron chi connectivity index (χ0n) is 17.1. The van der Waals surface area contributed by atoms with Crippen LogP contribution in [0.4, 0.5) is 10.5 Å². The molecule has 1 N–H and O–H groups in total. The van der Waals surface area contributed by atoms with E-state index in [0.717, 1.165) is 49.8 Å². The molecule has 27 heavy (non-hydrogen) atoms. The van der Waals surface area contributed by atoms with Crippen LogP contribution in [0.3, 0.4) is 0 Å². The number of carbonyl (C=O) groups excluding carboxylic acids is 1. The average molecular weight is 375 g/mol. The maximum Gasteiger partial charge on any atom is 0.414 e. The summed E-state index contributed by atoms with van der Waals surface area (Å²) in [7, 11) is 0. The van der Waals surface area contributed by atoms with Gasteiger partial charge in [-0.05, 0) is 102 Å². The molecule has 0 saturated carbocycles. The second kappa shape index (κ2) is 8.96. The number of rotatable bonds is 5. The highest BCUT2D eigenvalue weighted by Gasteiger charge is 2.27. The van der Waals surface area contributed by atoms with E-state index in [1.54, 1.807) is 4.90 Å². The van der Waals surface area contributed by atoms with Gasteiger partial charge in [-0.2, -0.15) is 0 Å². The van der Waals surface area contributed by atoms with Gasteiger partial charge >= 0.3 is 6.09 Å². The Bertz CT molecular complexity index is 633. The van der Waals surface area contributed by atoms with Crippen molar-refractivity contribution in [3.8, 4) is 5.75 Å². The van der Waals surface area contributed by atoms with E-state index in [4.69, 9.17) is 9.47 Å². The van der Waals surface area contributed by atoms with Crippen molar-refractivity contribution < 1.29 is 14.3 Å². The molecule has 1 unspecified atom stereocenters. The van der Waals surface area contributed by atoms with E-state index in [1.807, 2.05) is 32.9 Å². The average Bonchev–Trinajstić information content (AvgIpc) is 2.64. The normalized spacial score (nSPS) is 20.1. The van der Waals surface area contributed by atoms with Gasteiger partial charge in [-0.1, -0.05) is 0 Å². The first-order valence-electron chi connectivity index (χ1n) is 10.4. The van der Waals surface area contributed by atoms with Crippen LogP contribution in [0.2, 0.25) is 0 Å². The van der Waals surface area contributed by atoms with Gasteiger partial charge in [0, 0.05) is 6.54 Å². The van der Waals surface area contributed by atoms with Gasteiger partial charge in [0.05, 0.1) is 12.3 Å². The molecule has 1 aromatic rings. The molecular formula is C22H34N2O3. The Balaban J connectivity index is 1.53. The highest BCUT2D eigenvalue weighted by atomic mass is 16.6. The molecule has 1 saturated heterocycles. The number of anilines is 1. The molecule has 0 bridgehead atoms. The Morgan fingerprint density at radius 2 is 2.15 bits per heavy atom. The summed E-state index contributed by atoms with van der Waals surface area (Å²) in [4.78, 5) is 14.2. The molecule has 0 spiro atoms. The number of piperidine rings is 1. The lowest BCUT2D eigenvalue weighted by atomic mass is 9.95. The summed E-state index contributed by atoms with van der Waals surface area (Å²) in [6, 6.07) is 6.07. The minimum Gasteiger partial charge on any atom is -0.494 e. The molecule has 0 aromatic heterocycles. The van der Waals surface area contributed by atoms with E-state index < -0.39 is 5.60 Å². The molecule has 3 rings (SSSR count). The molecule has 1 atom stereocenters. The highest BCUT2D eigenvalue weighted by Crippen LogP contribution is 2.31. The minimum atomic E-state index is -0.481. The van der Waals surface area contributed by atoms with E-state index in [0.29, 0.717) is 6.54 Å². The number of amides is 1. The fourth-order valence-electron chi connectivity index (χ4n) is 3.90. The van der Waals surface area contributed by atoms with Gasteiger partial charge in [-0.15, -0.1) is 0 Å². The fourth-order valence-corrected chi connectivity index (χ4v) is 3.90. The largest absolute Gasteiger partial charge is 0.494 e. The number of hydrogen-bond donors (Lipinski definition) is 1. The lowest BCUT2D eigenvalue weighted by molar-refractivity contribution is 0.0578. The van der Waals surface area contributed by atoms with Gasteiger partial charge in [0.15, 0.2) is 0 Å². The van der Waals surface area contributed by atoms with E-state index in [9.17, 15) is 4.79 Å². The van der Waals surface area contributed by atoms with Crippen LogP contribution in [0.1, 0.15) is 58.4 Å². The molecule has 1 fully saturated rings. The number of benzene rings is 1. The summed E-state index contributed by atoms with van der Waals surface area (Å²) >= 11 is 0. The predicted octanol–water partition coefficient (Wildman–Crippen LogP) is 4.53. The summed E-state index contributed by atoms with van der Waals surface area (Å²) in [5.74, 6) is 1.70. The Hall–Kier alpha value is -1.75. The molecule has 1 amide bonds. The first kappa shape index (κ1) is 20.0. The third-order valence-electron chi connectivity index (χ3n) is 5.21. The molecule has 5 nitrogen and oxygen atoms in total. The Labute approximate surface area is 163 Å². The Morgan fingerprint density at radius 3 is 2.89 bits per heavy atom. The van der Waals surface area contributed by atoms with Crippen LogP contribution in [0, 0.1) is 5.92 Å². The topological polar surface area (TPSA) is 50.8 Å². The van der Waals surface area contributed by atoms with Crippen LogP contribution in [-0.4, -0.2) is 37.9 Å². The molecule has 2 heterocycles. The van der Waals surface area contributed by atoms with E-state index in [1.165, 1.54) is 31.4 Å². The number of carbonyl (C=O) groups is 1. The van der Waals surface area contributed by atoms with E-state index in [-0.39, 0.29) is 6.09 Å². The third-order valence-corrected chi connectivity index (χ3v) is 5.21. The smallest absolute Gasteiger partial charge is 0.414 e. The van der Waals surface area contributed by atoms with Crippen molar-refractivity contribution in [3.63, 3.8) is 0 Å². The Kier molecular flexibility index (Phi) is 6.64. The number of fused-ring (bicyclic) bond motifs is 1. The SMILES string of the molecule is CC(C)(C)OC(=O)N1CCCc2cc(OCCCC3CCCNC3)ccc21. The number of nitrogens with zero attached hydrogens (tertiary/aromatic N) is 1. The second-order valence-corrected chi connectivity index (χ2v) is 8.73. The fraction of sp³-hybridized carbons (Fsp3) is 0.682. The molecule has 0 aliphatic carbocycles. The highest BCUT2D eigenvalue weighted by molar-refractivity contribution is 5.89. The molecule has 2 aliphatic heterocycles. The maximum atomic E-state index is 12.5. The first-order chi connectivity index (χ1) is 12.9. The van der Waals surface area contributed by atoms with Crippen LogP contribution < -0.4 is 15.0 Å². The van der Waals surface area contributed by atoms with E-state index in [2.05, 4.69) is 11.4 Å². The van der Waals surface area contributed by atoms with Gasteiger partial charge < -0.3 is 14.8 Å². The third kappa shape index (κ3) is 5.86.